The van der Waals surface area contributed by atoms with Crippen LogP contribution in [0.3, 0.4) is 0 Å². The van der Waals surface area contributed by atoms with Gasteiger partial charge in [0.2, 0.25) is 0 Å². The summed E-state index contributed by atoms with van der Waals surface area (Å²) in [5.41, 5.74) is 0.116. The first kappa shape index (κ1) is 23.6. The lowest BCUT2D eigenvalue weighted by Crippen LogP contribution is -2.58. The van der Waals surface area contributed by atoms with Crippen molar-refractivity contribution in [2.75, 3.05) is 0 Å². The summed E-state index contributed by atoms with van der Waals surface area (Å²) >= 11 is 0. The minimum atomic E-state index is -0.741. The first-order valence-corrected chi connectivity index (χ1v) is 12.7. The van der Waals surface area contributed by atoms with Gasteiger partial charge in [-0.1, -0.05) is 20.8 Å². The van der Waals surface area contributed by atoms with E-state index in [9.17, 15) is 24.6 Å². The Hall–Kier alpha value is -1.59. The molecule has 32 heavy (non-hydrogen) atoms. The zero-order chi connectivity index (χ0) is 23.4. The molecular formula is C26H40O6. The molecule has 4 rings (SSSR count). The van der Waals surface area contributed by atoms with Gasteiger partial charge < -0.3 is 15.3 Å². The maximum absolute atomic E-state index is 12.5. The number of rotatable bonds is 6. The molecule has 3 N–H and O–H groups in total. The van der Waals surface area contributed by atoms with Gasteiger partial charge in [-0.15, -0.1) is 0 Å². The highest BCUT2D eigenvalue weighted by Crippen LogP contribution is 2.69. The van der Waals surface area contributed by atoms with Gasteiger partial charge in [0.25, 0.3) is 0 Å². The summed E-state index contributed by atoms with van der Waals surface area (Å²) in [5.74, 6) is -1.05. The average Bonchev–Trinajstić information content (AvgIpc) is 3.07. The first-order chi connectivity index (χ1) is 15.0. The van der Waals surface area contributed by atoms with Gasteiger partial charge in [-0.3, -0.25) is 14.4 Å². The largest absolute Gasteiger partial charge is 0.481 e. The molecule has 0 bridgehead atoms. The van der Waals surface area contributed by atoms with E-state index in [1.165, 1.54) is 0 Å². The number of carbonyl (C=O) groups is 3. The number of fused-ring (bicyclic) bond motifs is 5. The third-order valence-electron chi connectivity index (χ3n) is 11.0. The molecule has 0 heterocycles. The van der Waals surface area contributed by atoms with Crippen molar-refractivity contribution in [3.05, 3.63) is 0 Å². The zero-order valence-corrected chi connectivity index (χ0v) is 19.8. The van der Waals surface area contributed by atoms with E-state index in [-0.39, 0.29) is 40.9 Å². The second kappa shape index (κ2) is 8.32. The minimum absolute atomic E-state index is 0.0386. The van der Waals surface area contributed by atoms with E-state index in [1.54, 1.807) is 0 Å². The number of carboxylic acids is 3. The minimum Gasteiger partial charge on any atom is -0.481 e. The molecule has 4 aliphatic rings. The van der Waals surface area contributed by atoms with Crippen LogP contribution < -0.4 is 0 Å². The Morgan fingerprint density at radius 1 is 0.875 bits per heavy atom. The zero-order valence-electron chi connectivity index (χ0n) is 19.8. The number of carboxylic acid groups (broad SMARTS) is 3. The molecule has 3 unspecified atom stereocenters. The van der Waals surface area contributed by atoms with Crippen molar-refractivity contribution >= 4 is 17.9 Å². The molecule has 4 aliphatic carbocycles. The Bertz CT molecular complexity index is 778. The van der Waals surface area contributed by atoms with E-state index in [0.29, 0.717) is 49.4 Å². The van der Waals surface area contributed by atoms with Gasteiger partial charge in [0.1, 0.15) is 0 Å². The molecule has 0 aliphatic heterocycles. The van der Waals surface area contributed by atoms with Crippen LogP contribution in [0.5, 0.6) is 0 Å². The lowest BCUT2D eigenvalue weighted by molar-refractivity contribution is -0.176. The van der Waals surface area contributed by atoms with E-state index in [0.717, 1.165) is 32.1 Å². The molecule has 0 aromatic rings. The second-order valence-corrected chi connectivity index (χ2v) is 12.1. The summed E-state index contributed by atoms with van der Waals surface area (Å²) in [6, 6.07) is 0. The fourth-order valence-electron chi connectivity index (χ4n) is 9.28. The number of hydrogen-bond donors (Lipinski definition) is 3. The molecular weight excluding hydrogens is 408 g/mol. The Morgan fingerprint density at radius 3 is 2.16 bits per heavy atom. The Labute approximate surface area is 191 Å². The van der Waals surface area contributed by atoms with Gasteiger partial charge >= 0.3 is 17.9 Å². The normalized spacial score (nSPS) is 46.4. The molecule has 6 heteroatoms. The van der Waals surface area contributed by atoms with Gasteiger partial charge in [0.05, 0.1) is 11.8 Å². The predicted molar refractivity (Wildman–Crippen MR) is 119 cm³/mol. The van der Waals surface area contributed by atoms with Crippen LogP contribution >= 0.6 is 0 Å². The molecule has 4 fully saturated rings. The smallest absolute Gasteiger partial charge is 0.306 e. The number of hydrogen-bond acceptors (Lipinski definition) is 3. The molecule has 0 aromatic carbocycles. The van der Waals surface area contributed by atoms with Gasteiger partial charge in [0.15, 0.2) is 0 Å². The van der Waals surface area contributed by atoms with Crippen LogP contribution in [0.15, 0.2) is 0 Å². The van der Waals surface area contributed by atoms with E-state index >= 15 is 0 Å². The molecule has 0 radical (unpaired) electrons. The van der Waals surface area contributed by atoms with Crippen molar-refractivity contribution in [2.45, 2.75) is 85.0 Å². The van der Waals surface area contributed by atoms with Crippen molar-refractivity contribution in [1.82, 2.24) is 0 Å². The Balaban J connectivity index is 1.61. The van der Waals surface area contributed by atoms with E-state index < -0.39 is 17.9 Å². The summed E-state index contributed by atoms with van der Waals surface area (Å²) < 4.78 is 0. The van der Waals surface area contributed by atoms with Crippen molar-refractivity contribution in [3.8, 4) is 0 Å². The predicted octanol–water partition coefficient (Wildman–Crippen LogP) is 5.16. The van der Waals surface area contributed by atoms with E-state index in [2.05, 4.69) is 20.8 Å². The topological polar surface area (TPSA) is 112 Å². The van der Waals surface area contributed by atoms with E-state index in [4.69, 9.17) is 5.11 Å². The third-order valence-corrected chi connectivity index (χ3v) is 11.0. The van der Waals surface area contributed by atoms with E-state index in [1.807, 2.05) is 0 Å². The van der Waals surface area contributed by atoms with Gasteiger partial charge in [-0.25, -0.2) is 0 Å². The SMILES string of the molecule is C[C@@H](CCC(=O)O)[C@H]1CCC2C3C(CC[C@@]21C)[C@@]1(C)CC[C@@H](C(=O)O)C[C@H]1C[C@H]3C(=O)O. The summed E-state index contributed by atoms with van der Waals surface area (Å²) in [5, 5.41) is 29.0. The van der Waals surface area contributed by atoms with Crippen molar-refractivity contribution in [2.24, 2.45) is 58.2 Å². The second-order valence-electron chi connectivity index (χ2n) is 12.1. The Morgan fingerprint density at radius 2 is 1.53 bits per heavy atom. The standard InChI is InChI=1S/C26H40O6/c1-14(4-7-21(27)28)18-5-6-19-22-17(24(31)32)13-16-12-15(23(29)30)8-10-25(16,2)20(22)9-11-26(18,19)3/h14-20,22H,4-13H2,1-3H3,(H,27,28)(H,29,30)(H,31,32)/t14-,15+,16-,17+,18+,19?,20?,22?,25-,26+/m0/s1. The molecule has 10 atom stereocenters. The molecule has 4 saturated carbocycles. The summed E-state index contributed by atoms with van der Waals surface area (Å²) in [6.45, 7) is 6.88. The average molecular weight is 449 g/mol. The molecule has 0 spiro atoms. The van der Waals surface area contributed by atoms with Crippen LogP contribution in [0.2, 0.25) is 0 Å². The fourth-order valence-corrected chi connectivity index (χ4v) is 9.28. The van der Waals surface area contributed by atoms with Crippen LogP contribution in [0.4, 0.5) is 0 Å². The lowest BCUT2D eigenvalue weighted by atomic mass is 9.41. The van der Waals surface area contributed by atoms with Crippen molar-refractivity contribution in [1.29, 1.82) is 0 Å². The van der Waals surface area contributed by atoms with Crippen molar-refractivity contribution < 1.29 is 29.7 Å². The van der Waals surface area contributed by atoms with Gasteiger partial charge in [-0.2, -0.15) is 0 Å². The molecule has 0 saturated heterocycles. The van der Waals surface area contributed by atoms with Gasteiger partial charge in [-0.05, 0) is 104 Å². The van der Waals surface area contributed by atoms with Crippen LogP contribution in [0, 0.1) is 58.2 Å². The lowest BCUT2D eigenvalue weighted by Gasteiger charge is -2.62. The Kier molecular flexibility index (Phi) is 6.13. The monoisotopic (exact) mass is 448 g/mol. The number of aliphatic carboxylic acids is 3. The molecule has 0 amide bonds. The maximum atomic E-state index is 12.5. The highest BCUT2D eigenvalue weighted by molar-refractivity contribution is 5.72. The highest BCUT2D eigenvalue weighted by atomic mass is 16.4. The van der Waals surface area contributed by atoms with Crippen molar-refractivity contribution in [3.63, 3.8) is 0 Å². The first-order valence-electron chi connectivity index (χ1n) is 12.7. The summed E-state index contributed by atoms with van der Waals surface area (Å²) in [4.78, 5) is 35.3. The fraction of sp³-hybridized carbons (Fsp3) is 0.885. The van der Waals surface area contributed by atoms with Crippen LogP contribution in [-0.4, -0.2) is 33.2 Å². The van der Waals surface area contributed by atoms with Crippen LogP contribution in [-0.2, 0) is 14.4 Å². The third kappa shape index (κ3) is 3.66. The maximum Gasteiger partial charge on any atom is 0.306 e. The summed E-state index contributed by atoms with van der Waals surface area (Å²) in [7, 11) is 0. The quantitative estimate of drug-likeness (QED) is 0.517. The van der Waals surface area contributed by atoms with Gasteiger partial charge in [0, 0.05) is 6.42 Å². The van der Waals surface area contributed by atoms with Crippen LogP contribution in [0.1, 0.15) is 85.0 Å². The van der Waals surface area contributed by atoms with Crippen LogP contribution in [0.25, 0.3) is 0 Å². The molecule has 180 valence electrons. The summed E-state index contributed by atoms with van der Waals surface area (Å²) in [6.07, 6.45) is 7.94. The molecule has 6 nitrogen and oxygen atoms in total. The molecule has 0 aromatic heterocycles. The highest BCUT2D eigenvalue weighted by Gasteiger charge is 2.64.